The highest BCUT2D eigenvalue weighted by atomic mass is 16.2. The second-order valence-electron chi connectivity index (χ2n) is 6.67. The van der Waals surface area contributed by atoms with E-state index < -0.39 is 0 Å². The number of hydrogen-bond acceptors (Lipinski definition) is 3. The Hall–Kier alpha value is -1.39. The molecule has 2 fully saturated rings. The van der Waals surface area contributed by atoms with E-state index in [1.165, 1.54) is 30.4 Å². The summed E-state index contributed by atoms with van der Waals surface area (Å²) in [6.45, 7) is 0.993. The Morgan fingerprint density at radius 3 is 3.00 bits per heavy atom. The molecule has 1 amide bonds. The number of hydrogen-bond donors (Lipinski definition) is 3. The zero-order valence-corrected chi connectivity index (χ0v) is 12.3. The van der Waals surface area contributed by atoms with Crippen LogP contribution in [0, 0.1) is 11.8 Å². The van der Waals surface area contributed by atoms with Gasteiger partial charge in [-0.15, -0.1) is 0 Å². The number of aryl methyl sites for hydroxylation is 2. The number of nitrogens with one attached hydrogen (secondary N) is 3. The van der Waals surface area contributed by atoms with Crippen LogP contribution in [0.3, 0.4) is 0 Å². The summed E-state index contributed by atoms with van der Waals surface area (Å²) in [7, 11) is 0. The van der Waals surface area contributed by atoms with E-state index in [0.717, 1.165) is 31.5 Å². The maximum absolute atomic E-state index is 12.6. The molecule has 4 heteroatoms. The second kappa shape index (κ2) is 5.43. The molecule has 1 heterocycles. The van der Waals surface area contributed by atoms with Gasteiger partial charge in [-0.25, -0.2) is 0 Å². The minimum Gasteiger partial charge on any atom is -0.326 e. The van der Waals surface area contributed by atoms with Crippen molar-refractivity contribution in [3.05, 3.63) is 29.3 Å². The largest absolute Gasteiger partial charge is 0.326 e. The SMILES string of the molecule is O=C(Nc1ccc2c(c1)CCC2)C1CCCC2CNNC21. The van der Waals surface area contributed by atoms with Gasteiger partial charge in [-0.05, 0) is 61.3 Å². The fraction of sp³-hybridized carbons (Fsp3) is 0.588. The third kappa shape index (κ3) is 2.47. The van der Waals surface area contributed by atoms with E-state index in [2.05, 4.69) is 34.4 Å². The highest BCUT2D eigenvalue weighted by molar-refractivity contribution is 5.93. The fourth-order valence-electron chi connectivity index (χ4n) is 4.22. The molecule has 1 aliphatic heterocycles. The van der Waals surface area contributed by atoms with Crippen molar-refractivity contribution in [3.8, 4) is 0 Å². The van der Waals surface area contributed by atoms with Crippen LogP contribution in [0.15, 0.2) is 18.2 Å². The van der Waals surface area contributed by atoms with E-state index in [1.807, 2.05) is 0 Å². The van der Waals surface area contributed by atoms with E-state index in [0.29, 0.717) is 12.0 Å². The molecule has 1 saturated carbocycles. The van der Waals surface area contributed by atoms with Gasteiger partial charge in [0, 0.05) is 18.3 Å². The van der Waals surface area contributed by atoms with Crippen molar-refractivity contribution in [2.75, 3.05) is 11.9 Å². The normalized spacial score (nSPS) is 30.8. The van der Waals surface area contributed by atoms with Crippen molar-refractivity contribution >= 4 is 11.6 Å². The van der Waals surface area contributed by atoms with Gasteiger partial charge in [-0.3, -0.25) is 15.6 Å². The summed E-state index contributed by atoms with van der Waals surface area (Å²) < 4.78 is 0. The van der Waals surface area contributed by atoms with Crippen LogP contribution in [-0.2, 0) is 17.6 Å². The zero-order valence-electron chi connectivity index (χ0n) is 12.3. The van der Waals surface area contributed by atoms with E-state index in [4.69, 9.17) is 0 Å². The Labute approximate surface area is 125 Å². The lowest BCUT2D eigenvalue weighted by atomic mass is 9.77. The second-order valence-corrected chi connectivity index (χ2v) is 6.67. The molecule has 0 spiro atoms. The predicted octanol–water partition coefficient (Wildman–Crippen LogP) is 2.01. The summed E-state index contributed by atoms with van der Waals surface area (Å²) in [6.07, 6.45) is 6.96. The van der Waals surface area contributed by atoms with Gasteiger partial charge >= 0.3 is 0 Å². The number of carbonyl (C=O) groups excluding carboxylic acids is 1. The molecule has 3 N–H and O–H groups in total. The highest BCUT2D eigenvalue weighted by Gasteiger charge is 2.40. The number of carbonyl (C=O) groups is 1. The van der Waals surface area contributed by atoms with Gasteiger partial charge < -0.3 is 5.32 Å². The van der Waals surface area contributed by atoms with Crippen molar-refractivity contribution in [3.63, 3.8) is 0 Å². The van der Waals surface area contributed by atoms with Gasteiger partial charge in [-0.2, -0.15) is 0 Å². The highest BCUT2D eigenvalue weighted by Crippen LogP contribution is 2.32. The van der Waals surface area contributed by atoms with Crippen LogP contribution in [-0.4, -0.2) is 18.5 Å². The third-order valence-electron chi connectivity index (χ3n) is 5.37. The van der Waals surface area contributed by atoms with Crippen LogP contribution < -0.4 is 16.2 Å². The maximum atomic E-state index is 12.6. The smallest absolute Gasteiger partial charge is 0.229 e. The zero-order chi connectivity index (χ0) is 14.2. The topological polar surface area (TPSA) is 53.2 Å². The van der Waals surface area contributed by atoms with Crippen LogP contribution >= 0.6 is 0 Å². The van der Waals surface area contributed by atoms with Gasteiger partial charge in [0.15, 0.2) is 0 Å². The van der Waals surface area contributed by atoms with E-state index >= 15 is 0 Å². The predicted molar refractivity (Wildman–Crippen MR) is 82.9 cm³/mol. The molecule has 0 bridgehead atoms. The number of fused-ring (bicyclic) bond motifs is 2. The van der Waals surface area contributed by atoms with Crippen LogP contribution in [0.2, 0.25) is 0 Å². The standard InChI is InChI=1S/C17H23N3O/c21-17(15-6-2-5-13-10-18-20-16(13)15)19-14-8-7-11-3-1-4-12(11)9-14/h7-9,13,15-16,18,20H,1-6,10H2,(H,19,21). The summed E-state index contributed by atoms with van der Waals surface area (Å²) in [6, 6.07) is 6.70. The minimum atomic E-state index is 0.0898. The first-order chi connectivity index (χ1) is 10.3. The summed E-state index contributed by atoms with van der Waals surface area (Å²) in [5.41, 5.74) is 10.4. The first kappa shape index (κ1) is 13.3. The fourth-order valence-corrected chi connectivity index (χ4v) is 4.22. The molecule has 3 unspecified atom stereocenters. The number of amides is 1. The maximum Gasteiger partial charge on any atom is 0.229 e. The molecular weight excluding hydrogens is 262 g/mol. The molecule has 21 heavy (non-hydrogen) atoms. The summed E-state index contributed by atoms with van der Waals surface area (Å²) in [5, 5.41) is 3.15. The van der Waals surface area contributed by atoms with Crippen molar-refractivity contribution < 1.29 is 4.79 Å². The Kier molecular flexibility index (Phi) is 3.43. The van der Waals surface area contributed by atoms with Crippen molar-refractivity contribution in [1.29, 1.82) is 0 Å². The molecule has 1 saturated heterocycles. The number of hydrazine groups is 1. The lowest BCUT2D eigenvalue weighted by molar-refractivity contribution is -0.121. The van der Waals surface area contributed by atoms with Gasteiger partial charge in [0.1, 0.15) is 0 Å². The average Bonchev–Trinajstić information content (AvgIpc) is 3.14. The summed E-state index contributed by atoms with van der Waals surface area (Å²) >= 11 is 0. The molecular formula is C17H23N3O. The van der Waals surface area contributed by atoms with Crippen molar-refractivity contribution in [2.24, 2.45) is 11.8 Å². The van der Waals surface area contributed by atoms with Crippen LogP contribution in [0.5, 0.6) is 0 Å². The lowest BCUT2D eigenvalue weighted by Crippen LogP contribution is -2.45. The van der Waals surface area contributed by atoms with Gasteiger partial charge in [0.25, 0.3) is 0 Å². The molecule has 4 nitrogen and oxygen atoms in total. The van der Waals surface area contributed by atoms with Crippen molar-refractivity contribution in [2.45, 2.75) is 44.6 Å². The van der Waals surface area contributed by atoms with E-state index in [1.54, 1.807) is 0 Å². The molecule has 0 aromatic heterocycles. The molecule has 1 aromatic carbocycles. The van der Waals surface area contributed by atoms with Crippen LogP contribution in [0.25, 0.3) is 0 Å². The van der Waals surface area contributed by atoms with Gasteiger partial charge in [0.2, 0.25) is 5.91 Å². The molecule has 3 aliphatic rings. The quantitative estimate of drug-likeness (QED) is 0.779. The molecule has 1 aromatic rings. The Morgan fingerprint density at radius 2 is 2.05 bits per heavy atom. The van der Waals surface area contributed by atoms with Gasteiger partial charge in [-0.1, -0.05) is 12.5 Å². The number of rotatable bonds is 2. The Morgan fingerprint density at radius 1 is 1.14 bits per heavy atom. The monoisotopic (exact) mass is 285 g/mol. The first-order valence-corrected chi connectivity index (χ1v) is 8.22. The summed E-state index contributed by atoms with van der Waals surface area (Å²) in [5.74, 6) is 0.875. The summed E-state index contributed by atoms with van der Waals surface area (Å²) in [4.78, 5) is 12.6. The van der Waals surface area contributed by atoms with E-state index in [9.17, 15) is 4.79 Å². The van der Waals surface area contributed by atoms with Crippen LogP contribution in [0.1, 0.15) is 36.8 Å². The first-order valence-electron chi connectivity index (χ1n) is 8.22. The van der Waals surface area contributed by atoms with Crippen molar-refractivity contribution in [1.82, 2.24) is 10.9 Å². The number of anilines is 1. The average molecular weight is 285 g/mol. The van der Waals surface area contributed by atoms with E-state index in [-0.39, 0.29) is 11.8 Å². The molecule has 4 rings (SSSR count). The third-order valence-corrected chi connectivity index (χ3v) is 5.37. The molecule has 0 radical (unpaired) electrons. The molecule has 112 valence electrons. The number of benzene rings is 1. The minimum absolute atomic E-state index is 0.0898. The van der Waals surface area contributed by atoms with Crippen LogP contribution in [0.4, 0.5) is 5.69 Å². The Balaban J connectivity index is 1.47. The lowest BCUT2D eigenvalue weighted by Gasteiger charge is -2.31. The molecule has 2 aliphatic carbocycles. The Bertz CT molecular complexity index is 557. The van der Waals surface area contributed by atoms with Gasteiger partial charge in [0.05, 0.1) is 5.92 Å². The molecule has 3 atom stereocenters.